The van der Waals surface area contributed by atoms with Gasteiger partial charge in [-0.1, -0.05) is 42.5 Å². The van der Waals surface area contributed by atoms with Crippen LogP contribution in [0.2, 0.25) is 0 Å². The Balaban J connectivity index is 1.63. The molecular formula is C21H21NO3. The van der Waals surface area contributed by atoms with Crippen molar-refractivity contribution in [3.8, 4) is 5.75 Å². The minimum absolute atomic E-state index is 0.0473. The molecule has 0 unspecified atom stereocenters. The van der Waals surface area contributed by atoms with E-state index in [1.165, 1.54) is 6.21 Å². The molecule has 4 nitrogen and oxygen atoms in total. The lowest BCUT2D eigenvalue weighted by atomic mass is 9.77. The Bertz CT molecular complexity index is 747. The quantitative estimate of drug-likeness (QED) is 0.620. The van der Waals surface area contributed by atoms with Crippen LogP contribution in [0.15, 0.2) is 59.6 Å². The van der Waals surface area contributed by atoms with Gasteiger partial charge in [-0.25, -0.2) is 0 Å². The maximum atomic E-state index is 12.4. The molecule has 4 heteroatoms. The highest BCUT2D eigenvalue weighted by Gasteiger charge is 2.34. The predicted molar refractivity (Wildman–Crippen MR) is 97.1 cm³/mol. The van der Waals surface area contributed by atoms with Gasteiger partial charge in [0, 0.05) is 19.1 Å². The zero-order valence-electron chi connectivity index (χ0n) is 14.2. The van der Waals surface area contributed by atoms with Crippen LogP contribution in [0.4, 0.5) is 0 Å². The number of methoxy groups -OCH3 is 1. The molecule has 25 heavy (non-hydrogen) atoms. The van der Waals surface area contributed by atoms with Crippen LogP contribution in [0, 0.1) is 5.92 Å². The first-order valence-electron chi connectivity index (χ1n) is 8.40. The molecule has 2 aromatic rings. The number of Topliss-reactive ketones (excluding diaryl/α,β-unsaturated/α-hetero) is 2. The van der Waals surface area contributed by atoms with Crippen molar-refractivity contribution in [2.75, 3.05) is 7.11 Å². The Kier molecular flexibility index (Phi) is 5.39. The van der Waals surface area contributed by atoms with Crippen LogP contribution in [-0.2, 0) is 16.1 Å². The molecule has 2 aromatic carbocycles. The summed E-state index contributed by atoms with van der Waals surface area (Å²) >= 11 is 0. The molecule has 3 rings (SSSR count). The number of aliphatic imine (C=N–C) groups is 1. The molecule has 1 aliphatic carbocycles. The molecule has 128 valence electrons. The van der Waals surface area contributed by atoms with Gasteiger partial charge in [0.2, 0.25) is 0 Å². The minimum atomic E-state index is -0.696. The van der Waals surface area contributed by atoms with Crippen molar-refractivity contribution >= 4 is 17.8 Å². The van der Waals surface area contributed by atoms with Crippen molar-refractivity contribution in [2.45, 2.75) is 25.3 Å². The largest absolute Gasteiger partial charge is 0.497 e. The number of ketones is 2. The standard InChI is InChI=1S/C21H21NO3/c1-25-18-9-7-16(8-10-18)17-11-20(23)19(21(24)12-17)14-22-13-15-5-3-2-4-6-15/h2-10,14,17,19H,11-13H2,1H3. The first-order chi connectivity index (χ1) is 12.2. The predicted octanol–water partition coefficient (Wildman–Crippen LogP) is 3.60. The Hall–Kier alpha value is -2.75. The molecular weight excluding hydrogens is 314 g/mol. The summed E-state index contributed by atoms with van der Waals surface area (Å²) in [6.45, 7) is 0.486. The number of hydrogen-bond acceptors (Lipinski definition) is 4. The first kappa shape index (κ1) is 17.1. The Morgan fingerprint density at radius 2 is 1.64 bits per heavy atom. The average molecular weight is 335 g/mol. The van der Waals surface area contributed by atoms with Gasteiger partial charge in [0.05, 0.1) is 13.7 Å². The van der Waals surface area contributed by atoms with Gasteiger partial charge < -0.3 is 4.74 Å². The van der Waals surface area contributed by atoms with Gasteiger partial charge in [-0.2, -0.15) is 0 Å². The monoisotopic (exact) mass is 335 g/mol. The molecule has 0 aromatic heterocycles. The fourth-order valence-corrected chi connectivity index (χ4v) is 3.12. The normalized spacial score (nSPS) is 20.8. The van der Waals surface area contributed by atoms with Crippen LogP contribution in [0.1, 0.15) is 29.9 Å². The smallest absolute Gasteiger partial charge is 0.149 e. The molecule has 0 amide bonds. The zero-order valence-corrected chi connectivity index (χ0v) is 14.2. The number of carbonyl (C=O) groups is 2. The summed E-state index contributed by atoms with van der Waals surface area (Å²) in [5.41, 5.74) is 2.06. The lowest BCUT2D eigenvalue weighted by molar-refractivity contribution is -0.133. The van der Waals surface area contributed by atoms with E-state index in [0.717, 1.165) is 16.9 Å². The second-order valence-electron chi connectivity index (χ2n) is 6.26. The van der Waals surface area contributed by atoms with Crippen LogP contribution in [-0.4, -0.2) is 24.9 Å². The Morgan fingerprint density at radius 3 is 2.24 bits per heavy atom. The molecule has 0 atom stereocenters. The number of benzene rings is 2. The van der Waals surface area contributed by atoms with Gasteiger partial charge in [0.1, 0.15) is 23.2 Å². The van der Waals surface area contributed by atoms with E-state index in [1.54, 1.807) is 7.11 Å². The average Bonchev–Trinajstić information content (AvgIpc) is 2.65. The maximum absolute atomic E-state index is 12.4. The second-order valence-corrected chi connectivity index (χ2v) is 6.26. The van der Waals surface area contributed by atoms with Crippen LogP contribution in [0.25, 0.3) is 0 Å². The highest BCUT2D eigenvalue weighted by molar-refractivity contribution is 6.16. The van der Waals surface area contributed by atoms with E-state index in [0.29, 0.717) is 19.4 Å². The van der Waals surface area contributed by atoms with Gasteiger partial charge in [0.25, 0.3) is 0 Å². The van der Waals surface area contributed by atoms with Gasteiger partial charge in [-0.3, -0.25) is 14.6 Å². The van der Waals surface area contributed by atoms with Crippen LogP contribution in [0.3, 0.4) is 0 Å². The lowest BCUT2D eigenvalue weighted by Crippen LogP contribution is -2.33. The van der Waals surface area contributed by atoms with Crippen molar-refractivity contribution in [1.82, 2.24) is 0 Å². The summed E-state index contributed by atoms with van der Waals surface area (Å²) in [6, 6.07) is 17.4. The van der Waals surface area contributed by atoms with Crippen LogP contribution in [0.5, 0.6) is 5.75 Å². The molecule has 0 heterocycles. The summed E-state index contributed by atoms with van der Waals surface area (Å²) in [4.78, 5) is 29.1. The fraction of sp³-hybridized carbons (Fsp3) is 0.286. The first-order valence-corrected chi connectivity index (χ1v) is 8.40. The third kappa shape index (κ3) is 4.21. The molecule has 0 bridgehead atoms. The number of carbonyl (C=O) groups excluding carboxylic acids is 2. The van der Waals surface area contributed by atoms with Crippen molar-refractivity contribution in [3.63, 3.8) is 0 Å². The van der Waals surface area contributed by atoms with Crippen molar-refractivity contribution in [3.05, 3.63) is 65.7 Å². The number of nitrogens with zero attached hydrogens (tertiary/aromatic N) is 1. The molecule has 0 aliphatic heterocycles. The van der Waals surface area contributed by atoms with E-state index in [1.807, 2.05) is 54.6 Å². The highest BCUT2D eigenvalue weighted by Crippen LogP contribution is 2.32. The minimum Gasteiger partial charge on any atom is -0.497 e. The zero-order chi connectivity index (χ0) is 17.6. The fourth-order valence-electron chi connectivity index (χ4n) is 3.12. The van der Waals surface area contributed by atoms with E-state index in [9.17, 15) is 9.59 Å². The van der Waals surface area contributed by atoms with Crippen molar-refractivity contribution in [2.24, 2.45) is 10.9 Å². The third-order valence-electron chi connectivity index (χ3n) is 4.55. The summed E-state index contributed by atoms with van der Waals surface area (Å²) in [5.74, 6) is -0.0752. The lowest BCUT2D eigenvalue weighted by Gasteiger charge is -2.24. The Morgan fingerprint density at radius 1 is 1.00 bits per heavy atom. The van der Waals surface area contributed by atoms with E-state index in [2.05, 4.69) is 4.99 Å². The van der Waals surface area contributed by atoms with Crippen molar-refractivity contribution < 1.29 is 14.3 Å². The summed E-state index contributed by atoms with van der Waals surface area (Å²) in [6.07, 6.45) is 2.28. The molecule has 1 aliphatic rings. The van der Waals surface area contributed by atoms with Gasteiger partial charge in [-0.05, 0) is 29.2 Å². The number of rotatable bonds is 5. The van der Waals surface area contributed by atoms with Gasteiger partial charge >= 0.3 is 0 Å². The van der Waals surface area contributed by atoms with Crippen LogP contribution < -0.4 is 4.74 Å². The Labute approximate surface area is 147 Å². The van der Waals surface area contributed by atoms with E-state index in [-0.39, 0.29) is 17.5 Å². The number of hydrogen-bond donors (Lipinski definition) is 0. The van der Waals surface area contributed by atoms with E-state index in [4.69, 9.17) is 4.74 Å². The van der Waals surface area contributed by atoms with Crippen molar-refractivity contribution in [1.29, 1.82) is 0 Å². The SMILES string of the molecule is COc1ccc(C2CC(=O)C(C=NCc3ccccc3)C(=O)C2)cc1. The maximum Gasteiger partial charge on any atom is 0.149 e. The van der Waals surface area contributed by atoms with E-state index >= 15 is 0 Å². The second kappa shape index (κ2) is 7.88. The summed E-state index contributed by atoms with van der Waals surface area (Å²) in [7, 11) is 1.61. The highest BCUT2D eigenvalue weighted by atomic mass is 16.5. The summed E-state index contributed by atoms with van der Waals surface area (Å²) < 4.78 is 5.15. The molecule has 1 saturated carbocycles. The molecule has 1 fully saturated rings. The van der Waals surface area contributed by atoms with E-state index < -0.39 is 5.92 Å². The molecule has 0 saturated heterocycles. The summed E-state index contributed by atoms with van der Waals surface area (Å²) in [5, 5.41) is 0. The van der Waals surface area contributed by atoms with Crippen LogP contribution >= 0.6 is 0 Å². The molecule has 0 N–H and O–H groups in total. The molecule has 0 spiro atoms. The molecule has 0 radical (unpaired) electrons. The van der Waals surface area contributed by atoms with Gasteiger partial charge in [-0.15, -0.1) is 0 Å². The topological polar surface area (TPSA) is 55.7 Å². The third-order valence-corrected chi connectivity index (χ3v) is 4.55. The van der Waals surface area contributed by atoms with Gasteiger partial charge in [0.15, 0.2) is 0 Å². The number of ether oxygens (including phenoxy) is 1.